The number of rotatable bonds is 5. The lowest BCUT2D eigenvalue weighted by molar-refractivity contribution is 0.0630. The van der Waals surface area contributed by atoms with Crippen molar-refractivity contribution in [2.45, 2.75) is 72.6 Å². The van der Waals surface area contributed by atoms with E-state index in [1.54, 1.807) is 5.57 Å². The number of hydrogen-bond acceptors (Lipinski definition) is 0. The number of allylic oxidation sites excluding steroid dienone is 4. The first-order chi connectivity index (χ1) is 9.83. The lowest BCUT2D eigenvalue weighted by Gasteiger charge is -2.54. The highest BCUT2D eigenvalue weighted by Crippen LogP contribution is 2.59. The smallest absolute Gasteiger partial charge is 0.0110 e. The SMILES string of the molecule is C=CC[C@@]1(C)C(C)CC=C2C1CCC[C@]2(C)CCC(=C)C. The zero-order valence-electron chi connectivity index (χ0n) is 14.7. The summed E-state index contributed by atoms with van der Waals surface area (Å²) in [6.07, 6.45) is 13.7. The van der Waals surface area contributed by atoms with Crippen LogP contribution in [0, 0.1) is 22.7 Å². The third-order valence-electron chi connectivity index (χ3n) is 6.59. The molecule has 2 rings (SSSR count). The van der Waals surface area contributed by atoms with Gasteiger partial charge in [0.15, 0.2) is 0 Å². The lowest BCUT2D eigenvalue weighted by Crippen LogP contribution is -2.44. The molecule has 0 heterocycles. The van der Waals surface area contributed by atoms with Crippen LogP contribution in [0.3, 0.4) is 0 Å². The Labute approximate surface area is 132 Å². The van der Waals surface area contributed by atoms with Crippen molar-refractivity contribution in [3.05, 3.63) is 36.5 Å². The van der Waals surface area contributed by atoms with E-state index in [0.717, 1.165) is 18.3 Å². The summed E-state index contributed by atoms with van der Waals surface area (Å²) in [5.41, 5.74) is 3.93. The van der Waals surface area contributed by atoms with Gasteiger partial charge in [-0.3, -0.25) is 0 Å². The van der Waals surface area contributed by atoms with Crippen LogP contribution in [-0.4, -0.2) is 0 Å². The van der Waals surface area contributed by atoms with E-state index in [1.165, 1.54) is 44.1 Å². The Bertz CT molecular complexity index is 441. The van der Waals surface area contributed by atoms with Crippen LogP contribution in [0.25, 0.3) is 0 Å². The number of fused-ring (bicyclic) bond motifs is 1. The van der Waals surface area contributed by atoms with E-state index in [4.69, 9.17) is 0 Å². The van der Waals surface area contributed by atoms with Gasteiger partial charge in [0.2, 0.25) is 0 Å². The fraction of sp³-hybridized carbons (Fsp3) is 0.714. The van der Waals surface area contributed by atoms with Crippen LogP contribution in [0.4, 0.5) is 0 Å². The zero-order valence-corrected chi connectivity index (χ0v) is 14.7. The minimum absolute atomic E-state index is 0.407. The lowest BCUT2D eigenvalue weighted by atomic mass is 9.51. The Morgan fingerprint density at radius 3 is 2.76 bits per heavy atom. The minimum atomic E-state index is 0.407. The molecule has 2 unspecified atom stereocenters. The summed E-state index contributed by atoms with van der Waals surface area (Å²) in [6.45, 7) is 17.8. The predicted molar refractivity (Wildman–Crippen MR) is 94.3 cm³/mol. The Kier molecular flexibility index (Phi) is 4.85. The summed E-state index contributed by atoms with van der Waals surface area (Å²) in [5, 5.41) is 0. The van der Waals surface area contributed by atoms with Gasteiger partial charge in [0.05, 0.1) is 0 Å². The number of hydrogen-bond donors (Lipinski definition) is 0. The van der Waals surface area contributed by atoms with Gasteiger partial charge in [-0.25, -0.2) is 0 Å². The second-order valence-corrected chi connectivity index (χ2v) is 8.26. The van der Waals surface area contributed by atoms with E-state index in [-0.39, 0.29) is 0 Å². The van der Waals surface area contributed by atoms with E-state index in [1.807, 2.05) is 0 Å². The molecule has 0 radical (unpaired) electrons. The molecule has 4 atom stereocenters. The molecule has 1 saturated carbocycles. The van der Waals surface area contributed by atoms with Gasteiger partial charge < -0.3 is 0 Å². The van der Waals surface area contributed by atoms with Crippen molar-refractivity contribution in [1.82, 2.24) is 0 Å². The van der Waals surface area contributed by atoms with Gasteiger partial charge in [-0.15, -0.1) is 13.2 Å². The fourth-order valence-corrected chi connectivity index (χ4v) is 4.82. The fourth-order valence-electron chi connectivity index (χ4n) is 4.82. The Morgan fingerprint density at radius 1 is 1.43 bits per heavy atom. The molecule has 118 valence electrons. The first-order valence-electron chi connectivity index (χ1n) is 8.79. The van der Waals surface area contributed by atoms with Crippen LogP contribution < -0.4 is 0 Å². The molecule has 0 N–H and O–H groups in total. The van der Waals surface area contributed by atoms with Crippen LogP contribution in [0.2, 0.25) is 0 Å². The normalized spacial score (nSPS) is 39.3. The average Bonchev–Trinajstić information content (AvgIpc) is 2.42. The summed E-state index contributed by atoms with van der Waals surface area (Å²) in [7, 11) is 0. The maximum atomic E-state index is 4.11. The highest BCUT2D eigenvalue weighted by molar-refractivity contribution is 5.26. The second kappa shape index (κ2) is 6.15. The van der Waals surface area contributed by atoms with Crippen molar-refractivity contribution >= 4 is 0 Å². The van der Waals surface area contributed by atoms with Crippen LogP contribution in [0.5, 0.6) is 0 Å². The summed E-state index contributed by atoms with van der Waals surface area (Å²) < 4.78 is 0. The summed E-state index contributed by atoms with van der Waals surface area (Å²) in [6, 6.07) is 0. The minimum Gasteiger partial charge on any atom is -0.103 e. The molecule has 0 aromatic rings. The molecule has 0 spiro atoms. The predicted octanol–water partition coefficient (Wildman–Crippen LogP) is 6.70. The quantitative estimate of drug-likeness (QED) is 0.493. The molecule has 0 saturated heterocycles. The molecule has 1 fully saturated rings. The maximum Gasteiger partial charge on any atom is -0.0110 e. The molecule has 0 heteroatoms. The molecule has 0 aromatic heterocycles. The van der Waals surface area contributed by atoms with E-state index >= 15 is 0 Å². The van der Waals surface area contributed by atoms with Gasteiger partial charge in [0, 0.05) is 0 Å². The molecule has 2 aliphatic rings. The molecule has 21 heavy (non-hydrogen) atoms. The molecule has 0 aromatic carbocycles. The van der Waals surface area contributed by atoms with Crippen LogP contribution in [-0.2, 0) is 0 Å². The third-order valence-corrected chi connectivity index (χ3v) is 6.59. The summed E-state index contributed by atoms with van der Waals surface area (Å²) in [5.74, 6) is 1.54. The van der Waals surface area contributed by atoms with E-state index in [2.05, 4.69) is 53.0 Å². The molecule has 2 aliphatic carbocycles. The van der Waals surface area contributed by atoms with Crippen LogP contribution in [0.15, 0.2) is 36.5 Å². The monoisotopic (exact) mass is 286 g/mol. The topological polar surface area (TPSA) is 0 Å². The Morgan fingerprint density at radius 2 is 2.14 bits per heavy atom. The molecule has 0 aliphatic heterocycles. The van der Waals surface area contributed by atoms with Gasteiger partial charge >= 0.3 is 0 Å². The van der Waals surface area contributed by atoms with E-state index in [9.17, 15) is 0 Å². The van der Waals surface area contributed by atoms with Crippen molar-refractivity contribution < 1.29 is 0 Å². The third kappa shape index (κ3) is 3.05. The van der Waals surface area contributed by atoms with E-state index in [0.29, 0.717) is 10.8 Å². The van der Waals surface area contributed by atoms with Crippen molar-refractivity contribution in [1.29, 1.82) is 0 Å². The zero-order chi connectivity index (χ0) is 15.7. The van der Waals surface area contributed by atoms with Gasteiger partial charge in [-0.05, 0) is 68.1 Å². The van der Waals surface area contributed by atoms with Crippen molar-refractivity contribution in [3.8, 4) is 0 Å². The van der Waals surface area contributed by atoms with Gasteiger partial charge in [0.1, 0.15) is 0 Å². The largest absolute Gasteiger partial charge is 0.103 e. The van der Waals surface area contributed by atoms with Gasteiger partial charge in [-0.2, -0.15) is 0 Å². The molecular weight excluding hydrogens is 252 g/mol. The highest BCUT2D eigenvalue weighted by atomic mass is 14.5. The van der Waals surface area contributed by atoms with E-state index < -0.39 is 0 Å². The first kappa shape index (κ1) is 16.6. The summed E-state index contributed by atoms with van der Waals surface area (Å²) in [4.78, 5) is 0. The average molecular weight is 287 g/mol. The van der Waals surface area contributed by atoms with Crippen molar-refractivity contribution in [2.24, 2.45) is 22.7 Å². The highest BCUT2D eigenvalue weighted by Gasteiger charge is 2.48. The second-order valence-electron chi connectivity index (χ2n) is 8.26. The van der Waals surface area contributed by atoms with Crippen LogP contribution in [0.1, 0.15) is 72.6 Å². The standard InChI is InChI=1S/C21H34/c1-7-13-21(6)17(4)10-11-18-19(21)9-8-14-20(18,5)15-12-16(2)3/h7,11,17,19H,1-2,8-10,12-15H2,3-6H3/t17?,19?,20-,21+/m1/s1. The Hall–Kier alpha value is -0.780. The maximum absolute atomic E-state index is 4.11. The van der Waals surface area contributed by atoms with Gasteiger partial charge in [-0.1, -0.05) is 50.5 Å². The Balaban J connectivity index is 2.30. The molecule has 0 amide bonds. The molecule has 0 nitrogen and oxygen atoms in total. The van der Waals surface area contributed by atoms with Crippen molar-refractivity contribution in [3.63, 3.8) is 0 Å². The van der Waals surface area contributed by atoms with Crippen LogP contribution >= 0.6 is 0 Å². The molecular formula is C21H34. The van der Waals surface area contributed by atoms with Gasteiger partial charge in [0.25, 0.3) is 0 Å². The summed E-state index contributed by atoms with van der Waals surface area (Å²) >= 11 is 0. The first-order valence-corrected chi connectivity index (χ1v) is 8.79. The van der Waals surface area contributed by atoms with Crippen molar-refractivity contribution in [2.75, 3.05) is 0 Å². The molecule has 0 bridgehead atoms.